The summed E-state index contributed by atoms with van der Waals surface area (Å²) in [4.78, 5) is 18.1. The van der Waals surface area contributed by atoms with E-state index in [4.69, 9.17) is 38.0 Å². The summed E-state index contributed by atoms with van der Waals surface area (Å²) in [6, 6.07) is 11.0. The number of piperidine rings is 1. The minimum atomic E-state index is -0.871. The molecule has 0 radical (unpaired) electrons. The Balaban J connectivity index is 1.32. The molecule has 1 aliphatic heterocycles. The van der Waals surface area contributed by atoms with Gasteiger partial charge in [-0.05, 0) is 60.6 Å². The second-order valence-electron chi connectivity index (χ2n) is 8.06. The first-order chi connectivity index (χ1) is 14.9. The van der Waals surface area contributed by atoms with Crippen molar-refractivity contribution < 1.29 is 14.6 Å². The summed E-state index contributed by atoms with van der Waals surface area (Å²) in [7, 11) is 0. The number of nitrogens with zero attached hydrogens (tertiary/aromatic N) is 2. The summed E-state index contributed by atoms with van der Waals surface area (Å²) in [5, 5.41) is 11.3. The van der Waals surface area contributed by atoms with Gasteiger partial charge in [-0.25, -0.2) is 4.98 Å². The van der Waals surface area contributed by atoms with Crippen LogP contribution in [-0.4, -0.2) is 35.8 Å². The molecule has 1 unspecified atom stereocenters. The predicted octanol–water partition coefficient (Wildman–Crippen LogP) is 6.16. The Bertz CT molecular complexity index is 1080. The van der Waals surface area contributed by atoms with Gasteiger partial charge in [0.25, 0.3) is 0 Å². The summed E-state index contributed by atoms with van der Waals surface area (Å²) in [6.45, 7) is 4.70. The van der Waals surface area contributed by atoms with Crippen molar-refractivity contribution in [1.29, 1.82) is 0 Å². The molecule has 164 valence electrons. The number of carboxylic acid groups (broad SMARTS) is 1. The molecule has 1 saturated heterocycles. The van der Waals surface area contributed by atoms with E-state index in [1.165, 1.54) is 0 Å². The van der Waals surface area contributed by atoms with E-state index >= 15 is 0 Å². The molecule has 2 aromatic carbocycles. The summed E-state index contributed by atoms with van der Waals surface area (Å²) in [5.41, 5.74) is 1.68. The number of fused-ring (bicyclic) bond motifs is 1. The highest BCUT2D eigenvalue weighted by molar-refractivity contribution is 7.22. The number of carboxylic acids is 1. The minimum Gasteiger partial charge on any atom is -0.492 e. The van der Waals surface area contributed by atoms with Crippen LogP contribution < -0.4 is 9.64 Å². The number of carbonyl (C=O) groups is 1. The third kappa shape index (κ3) is 5.43. The fraction of sp³-hybridized carbons (Fsp3) is 0.391. The van der Waals surface area contributed by atoms with E-state index < -0.39 is 5.97 Å². The average Bonchev–Trinajstić information content (AvgIpc) is 3.17. The lowest BCUT2D eigenvalue weighted by Gasteiger charge is -2.34. The Morgan fingerprint density at radius 3 is 2.77 bits per heavy atom. The van der Waals surface area contributed by atoms with Crippen LogP contribution in [0.5, 0.6) is 5.75 Å². The van der Waals surface area contributed by atoms with Gasteiger partial charge in [0, 0.05) is 18.1 Å². The number of hydrogen-bond donors (Lipinski definition) is 1. The smallest absolute Gasteiger partial charge is 0.307 e. The molecule has 3 aromatic rings. The van der Waals surface area contributed by atoms with Gasteiger partial charge in [0.05, 0.1) is 28.3 Å². The number of benzene rings is 2. The molecule has 0 spiro atoms. The summed E-state index contributed by atoms with van der Waals surface area (Å²) >= 11 is 14.0. The van der Waals surface area contributed by atoms with Gasteiger partial charge in [-0.15, -0.1) is 0 Å². The Hall–Kier alpha value is -2.02. The molecule has 0 bridgehead atoms. The van der Waals surface area contributed by atoms with Gasteiger partial charge < -0.3 is 14.7 Å². The van der Waals surface area contributed by atoms with Crippen molar-refractivity contribution in [2.75, 3.05) is 24.6 Å². The van der Waals surface area contributed by atoms with Crippen LogP contribution in [-0.2, 0) is 11.2 Å². The average molecular weight is 479 g/mol. The fourth-order valence-electron chi connectivity index (χ4n) is 3.98. The van der Waals surface area contributed by atoms with E-state index in [2.05, 4.69) is 11.8 Å². The molecular formula is C23H24Cl2N2O3S. The molecule has 0 saturated carbocycles. The van der Waals surface area contributed by atoms with E-state index in [9.17, 15) is 4.79 Å². The van der Waals surface area contributed by atoms with Crippen molar-refractivity contribution in [1.82, 2.24) is 4.98 Å². The van der Waals surface area contributed by atoms with Crippen molar-refractivity contribution in [3.8, 4) is 5.75 Å². The molecule has 1 aliphatic rings. The van der Waals surface area contributed by atoms with Crippen molar-refractivity contribution in [3.63, 3.8) is 0 Å². The molecule has 4 rings (SSSR count). The van der Waals surface area contributed by atoms with E-state index in [0.717, 1.165) is 46.3 Å². The van der Waals surface area contributed by atoms with Gasteiger partial charge >= 0.3 is 5.97 Å². The van der Waals surface area contributed by atoms with Gasteiger partial charge in [-0.1, -0.05) is 47.5 Å². The Morgan fingerprint density at radius 1 is 1.26 bits per heavy atom. The number of hydrogen-bond acceptors (Lipinski definition) is 5. The predicted molar refractivity (Wildman–Crippen MR) is 127 cm³/mol. The first kappa shape index (κ1) is 22.2. The van der Waals surface area contributed by atoms with Gasteiger partial charge in [-0.2, -0.15) is 0 Å². The number of anilines is 1. The van der Waals surface area contributed by atoms with Crippen LogP contribution in [0.2, 0.25) is 10.0 Å². The van der Waals surface area contributed by atoms with Gasteiger partial charge in [0.2, 0.25) is 0 Å². The van der Waals surface area contributed by atoms with Gasteiger partial charge in [0.15, 0.2) is 5.13 Å². The zero-order valence-corrected chi connectivity index (χ0v) is 19.5. The zero-order chi connectivity index (χ0) is 22.0. The lowest BCUT2D eigenvalue weighted by molar-refractivity contribution is -0.136. The number of halogens is 2. The summed E-state index contributed by atoms with van der Waals surface area (Å²) in [5.74, 6) is 0.610. The maximum atomic E-state index is 10.9. The van der Waals surface area contributed by atoms with E-state index in [1.807, 2.05) is 18.2 Å². The fourth-order valence-corrected chi connectivity index (χ4v) is 5.45. The first-order valence-electron chi connectivity index (χ1n) is 10.3. The maximum Gasteiger partial charge on any atom is 0.307 e. The topological polar surface area (TPSA) is 62.7 Å². The van der Waals surface area contributed by atoms with Gasteiger partial charge in [0.1, 0.15) is 5.75 Å². The zero-order valence-electron chi connectivity index (χ0n) is 17.2. The summed E-state index contributed by atoms with van der Waals surface area (Å²) in [6.07, 6.45) is 2.11. The SMILES string of the molecule is CC(COc1cc(CC(=O)O)ccc1Cl)C1CCN(c2nc3ccc(Cl)cc3s2)CC1. The second kappa shape index (κ2) is 9.63. The largest absolute Gasteiger partial charge is 0.492 e. The highest BCUT2D eigenvalue weighted by Crippen LogP contribution is 2.35. The first-order valence-corrected chi connectivity index (χ1v) is 11.9. The lowest BCUT2D eigenvalue weighted by Crippen LogP contribution is -2.36. The molecule has 1 N–H and O–H groups in total. The molecule has 8 heteroatoms. The monoisotopic (exact) mass is 478 g/mol. The summed E-state index contributed by atoms with van der Waals surface area (Å²) < 4.78 is 7.09. The van der Waals surface area contributed by atoms with Crippen molar-refractivity contribution in [3.05, 3.63) is 52.0 Å². The van der Waals surface area contributed by atoms with E-state index in [0.29, 0.717) is 34.8 Å². The third-order valence-electron chi connectivity index (χ3n) is 5.81. The molecule has 31 heavy (non-hydrogen) atoms. The number of aliphatic carboxylic acids is 1. The highest BCUT2D eigenvalue weighted by atomic mass is 35.5. The van der Waals surface area contributed by atoms with Crippen molar-refractivity contribution in [2.45, 2.75) is 26.2 Å². The maximum absolute atomic E-state index is 10.9. The normalized spacial score (nSPS) is 15.9. The van der Waals surface area contributed by atoms with Crippen molar-refractivity contribution >= 4 is 55.9 Å². The highest BCUT2D eigenvalue weighted by Gasteiger charge is 2.26. The van der Waals surface area contributed by atoms with Crippen LogP contribution in [0.25, 0.3) is 10.2 Å². The van der Waals surface area contributed by atoms with Crippen molar-refractivity contribution in [2.24, 2.45) is 11.8 Å². The standard InChI is InChI=1S/C23H24Cl2N2O3S/c1-14(13-30-20-10-15(11-22(28)29)2-4-18(20)25)16-6-8-27(9-7-16)23-26-19-5-3-17(24)12-21(19)31-23/h2-5,10,12,14,16H,6-9,11,13H2,1H3,(H,28,29). The van der Waals surface area contributed by atoms with E-state index in [1.54, 1.807) is 29.5 Å². The number of thiazole rings is 1. The van der Waals surface area contributed by atoms with Crippen LogP contribution in [0.4, 0.5) is 5.13 Å². The van der Waals surface area contributed by atoms with E-state index in [-0.39, 0.29) is 6.42 Å². The van der Waals surface area contributed by atoms with Gasteiger partial charge in [-0.3, -0.25) is 4.79 Å². The molecule has 1 aromatic heterocycles. The van der Waals surface area contributed by atoms with Crippen LogP contribution in [0.15, 0.2) is 36.4 Å². The molecule has 1 atom stereocenters. The second-order valence-corrected chi connectivity index (χ2v) is 9.91. The van der Waals surface area contributed by atoms with Crippen LogP contribution >= 0.6 is 34.5 Å². The molecule has 5 nitrogen and oxygen atoms in total. The number of ether oxygens (including phenoxy) is 1. The third-order valence-corrected chi connectivity index (χ3v) is 7.43. The number of rotatable bonds is 7. The Kier molecular flexibility index (Phi) is 6.89. The molecular weight excluding hydrogens is 455 g/mol. The lowest BCUT2D eigenvalue weighted by atomic mass is 9.86. The number of aromatic nitrogens is 1. The minimum absolute atomic E-state index is 0.0421. The molecule has 2 heterocycles. The Morgan fingerprint density at radius 2 is 2.03 bits per heavy atom. The molecule has 1 fully saturated rings. The van der Waals surface area contributed by atoms with Crippen LogP contribution in [0.3, 0.4) is 0 Å². The molecule has 0 amide bonds. The quantitative estimate of drug-likeness (QED) is 0.440. The Labute approximate surface area is 195 Å². The van der Waals surface area contributed by atoms with Crippen LogP contribution in [0, 0.1) is 11.8 Å². The molecule has 0 aliphatic carbocycles. The van der Waals surface area contributed by atoms with Crippen LogP contribution in [0.1, 0.15) is 25.3 Å².